The van der Waals surface area contributed by atoms with Gasteiger partial charge in [0.15, 0.2) is 0 Å². The van der Waals surface area contributed by atoms with Crippen molar-refractivity contribution in [3.05, 3.63) is 64.4 Å². The quantitative estimate of drug-likeness (QED) is 0.742. The van der Waals surface area contributed by atoms with Gasteiger partial charge in [-0.3, -0.25) is 9.78 Å². The number of hydrogen-bond acceptors (Lipinski definition) is 4. The van der Waals surface area contributed by atoms with Crippen molar-refractivity contribution in [3.63, 3.8) is 0 Å². The van der Waals surface area contributed by atoms with E-state index in [1.165, 1.54) is 0 Å². The van der Waals surface area contributed by atoms with Crippen molar-refractivity contribution in [3.8, 4) is 0 Å². The lowest BCUT2D eigenvalue weighted by Crippen LogP contribution is -2.37. The molecule has 0 unspecified atom stereocenters. The van der Waals surface area contributed by atoms with Gasteiger partial charge in [0, 0.05) is 23.4 Å². The summed E-state index contributed by atoms with van der Waals surface area (Å²) < 4.78 is 27.0. The zero-order valence-electron chi connectivity index (χ0n) is 12.2. The second-order valence-corrected chi connectivity index (χ2v) is 7.57. The van der Waals surface area contributed by atoms with Crippen molar-refractivity contribution >= 4 is 31.9 Å². The van der Waals surface area contributed by atoms with Crippen molar-refractivity contribution in [2.24, 2.45) is 0 Å². The normalized spacial score (nSPS) is 11.2. The van der Waals surface area contributed by atoms with Crippen LogP contribution in [-0.2, 0) is 27.1 Å². The fourth-order valence-corrected chi connectivity index (χ4v) is 3.36. The second-order valence-electron chi connectivity index (χ2n) is 4.85. The monoisotopic (exact) mass is 397 g/mol. The first-order chi connectivity index (χ1) is 10.9. The number of carbonyl (C=O) groups excluding carboxylic acids is 1. The van der Waals surface area contributed by atoms with Gasteiger partial charge < -0.3 is 5.32 Å². The topological polar surface area (TPSA) is 88.2 Å². The Hall–Kier alpha value is -1.77. The van der Waals surface area contributed by atoms with Gasteiger partial charge in [-0.15, -0.1) is 0 Å². The molecule has 8 heteroatoms. The molecule has 0 aliphatic heterocycles. The van der Waals surface area contributed by atoms with Gasteiger partial charge in [0.05, 0.1) is 12.3 Å². The van der Waals surface area contributed by atoms with E-state index in [1.807, 2.05) is 12.1 Å². The Kier molecular flexibility index (Phi) is 6.26. The van der Waals surface area contributed by atoms with Gasteiger partial charge >= 0.3 is 0 Å². The van der Waals surface area contributed by atoms with Crippen molar-refractivity contribution in [2.75, 3.05) is 6.54 Å². The largest absolute Gasteiger partial charge is 0.351 e. The summed E-state index contributed by atoms with van der Waals surface area (Å²) in [4.78, 5) is 15.6. The molecule has 1 amide bonds. The molecule has 23 heavy (non-hydrogen) atoms. The predicted octanol–water partition coefficient (Wildman–Crippen LogP) is 1.58. The molecule has 0 saturated carbocycles. The summed E-state index contributed by atoms with van der Waals surface area (Å²) in [5.74, 6) is -0.575. The molecule has 6 nitrogen and oxygen atoms in total. The Balaban J connectivity index is 1.80. The Labute approximate surface area is 143 Å². The maximum Gasteiger partial charge on any atom is 0.235 e. The highest BCUT2D eigenvalue weighted by Gasteiger charge is 2.13. The smallest absolute Gasteiger partial charge is 0.235 e. The Morgan fingerprint density at radius 2 is 1.96 bits per heavy atom. The molecule has 122 valence electrons. The van der Waals surface area contributed by atoms with Crippen LogP contribution >= 0.6 is 15.9 Å². The lowest BCUT2D eigenvalue weighted by atomic mass is 10.2. The van der Waals surface area contributed by atoms with Gasteiger partial charge in [-0.05, 0) is 29.3 Å². The molecule has 1 heterocycles. The number of carbonyl (C=O) groups is 1. The fraction of sp³-hybridized carbons (Fsp3) is 0.200. The first-order valence-electron chi connectivity index (χ1n) is 6.82. The highest BCUT2D eigenvalue weighted by atomic mass is 79.9. The summed E-state index contributed by atoms with van der Waals surface area (Å²) in [5, 5.41) is 2.63. The maximum absolute atomic E-state index is 12.0. The highest BCUT2D eigenvalue weighted by Crippen LogP contribution is 2.13. The Morgan fingerprint density at radius 1 is 1.17 bits per heavy atom. The number of aromatic nitrogens is 1. The standard InChI is InChI=1S/C15H16BrN3O3S/c16-14-5-1-3-12(7-14)11-23(21,22)19-10-15(20)18-9-13-4-2-6-17-8-13/h1-8,19H,9-11H2,(H,18,20). The highest BCUT2D eigenvalue weighted by molar-refractivity contribution is 9.10. The van der Waals surface area contributed by atoms with E-state index in [0.29, 0.717) is 12.1 Å². The van der Waals surface area contributed by atoms with Crippen LogP contribution in [0.5, 0.6) is 0 Å². The van der Waals surface area contributed by atoms with E-state index in [-0.39, 0.29) is 12.3 Å². The molecule has 0 radical (unpaired) electrons. The van der Waals surface area contributed by atoms with Gasteiger partial charge in [0.25, 0.3) is 0 Å². The third-order valence-corrected chi connectivity index (χ3v) is 4.70. The summed E-state index contributed by atoms with van der Waals surface area (Å²) in [7, 11) is -3.57. The van der Waals surface area contributed by atoms with Crippen LogP contribution in [0.25, 0.3) is 0 Å². The molecule has 0 spiro atoms. The zero-order chi connectivity index (χ0) is 16.7. The molecule has 1 aromatic carbocycles. The van der Waals surface area contributed by atoms with Crippen LogP contribution in [0.3, 0.4) is 0 Å². The van der Waals surface area contributed by atoms with Crippen LogP contribution in [0.2, 0.25) is 0 Å². The molecule has 0 aliphatic carbocycles. The third-order valence-electron chi connectivity index (χ3n) is 2.91. The van der Waals surface area contributed by atoms with Crippen LogP contribution in [0.4, 0.5) is 0 Å². The second kappa shape index (κ2) is 8.19. The van der Waals surface area contributed by atoms with Crippen LogP contribution in [-0.4, -0.2) is 25.9 Å². The molecule has 1 aromatic heterocycles. The number of sulfonamides is 1. The van der Waals surface area contributed by atoms with E-state index >= 15 is 0 Å². The number of hydrogen-bond donors (Lipinski definition) is 2. The lowest BCUT2D eigenvalue weighted by molar-refractivity contribution is -0.120. The molecular weight excluding hydrogens is 382 g/mol. The SMILES string of the molecule is O=C(CNS(=O)(=O)Cc1cccc(Br)c1)NCc1cccnc1. The third kappa shape index (κ3) is 6.47. The molecule has 2 rings (SSSR count). The van der Waals surface area contributed by atoms with E-state index < -0.39 is 15.9 Å². The van der Waals surface area contributed by atoms with E-state index in [0.717, 1.165) is 10.0 Å². The number of pyridine rings is 1. The number of benzene rings is 1. The predicted molar refractivity (Wildman–Crippen MR) is 90.9 cm³/mol. The van der Waals surface area contributed by atoms with Gasteiger partial charge in [0.1, 0.15) is 0 Å². The summed E-state index contributed by atoms with van der Waals surface area (Å²) in [6, 6.07) is 10.6. The Morgan fingerprint density at radius 3 is 2.65 bits per heavy atom. The van der Waals surface area contributed by atoms with Gasteiger partial charge in [-0.1, -0.05) is 34.1 Å². The average Bonchev–Trinajstić information content (AvgIpc) is 2.52. The fourth-order valence-electron chi connectivity index (χ4n) is 1.84. The summed E-state index contributed by atoms with van der Waals surface area (Å²) in [5.41, 5.74) is 1.49. The van der Waals surface area contributed by atoms with Crippen molar-refractivity contribution in [1.29, 1.82) is 0 Å². The lowest BCUT2D eigenvalue weighted by Gasteiger charge is -2.08. The minimum atomic E-state index is -3.57. The van der Waals surface area contributed by atoms with Crippen LogP contribution < -0.4 is 10.0 Å². The molecule has 0 aliphatic rings. The first-order valence-corrected chi connectivity index (χ1v) is 9.26. The van der Waals surface area contributed by atoms with Crippen molar-refractivity contribution in [1.82, 2.24) is 15.0 Å². The number of nitrogens with zero attached hydrogens (tertiary/aromatic N) is 1. The summed E-state index contributed by atoms with van der Waals surface area (Å²) in [6.07, 6.45) is 3.28. The number of amides is 1. The van der Waals surface area contributed by atoms with Gasteiger partial charge in [-0.25, -0.2) is 13.1 Å². The zero-order valence-corrected chi connectivity index (χ0v) is 14.6. The van der Waals surface area contributed by atoms with Gasteiger partial charge in [0.2, 0.25) is 15.9 Å². The molecule has 0 bridgehead atoms. The van der Waals surface area contributed by atoms with Crippen LogP contribution in [0, 0.1) is 0 Å². The van der Waals surface area contributed by atoms with Crippen LogP contribution in [0.15, 0.2) is 53.3 Å². The maximum atomic E-state index is 12.0. The minimum absolute atomic E-state index is 0.178. The summed E-state index contributed by atoms with van der Waals surface area (Å²) in [6.45, 7) is 0.0105. The van der Waals surface area contributed by atoms with Crippen molar-refractivity contribution < 1.29 is 13.2 Å². The van der Waals surface area contributed by atoms with E-state index in [2.05, 4.69) is 31.0 Å². The average molecular weight is 398 g/mol. The van der Waals surface area contributed by atoms with E-state index in [4.69, 9.17) is 0 Å². The Bertz CT molecular complexity index is 767. The van der Waals surface area contributed by atoms with Crippen LogP contribution in [0.1, 0.15) is 11.1 Å². The molecule has 0 atom stereocenters. The first kappa shape index (κ1) is 17.6. The van der Waals surface area contributed by atoms with E-state index in [1.54, 1.807) is 36.7 Å². The molecule has 0 saturated heterocycles. The number of rotatable bonds is 7. The van der Waals surface area contributed by atoms with E-state index in [9.17, 15) is 13.2 Å². The van der Waals surface area contributed by atoms with Crippen molar-refractivity contribution in [2.45, 2.75) is 12.3 Å². The molecule has 2 N–H and O–H groups in total. The minimum Gasteiger partial charge on any atom is -0.351 e. The molecular formula is C15H16BrN3O3S. The summed E-state index contributed by atoms with van der Waals surface area (Å²) >= 11 is 3.29. The number of nitrogens with one attached hydrogen (secondary N) is 2. The number of halogens is 1. The van der Waals surface area contributed by atoms with Gasteiger partial charge in [-0.2, -0.15) is 0 Å². The molecule has 2 aromatic rings. The molecule has 0 fully saturated rings.